The number of benzene rings is 1. The van der Waals surface area contributed by atoms with Gasteiger partial charge in [-0.25, -0.2) is 0 Å². The molecule has 1 aromatic carbocycles. The smallest absolute Gasteiger partial charge is 0.0443 e. The van der Waals surface area contributed by atoms with Gasteiger partial charge in [0.2, 0.25) is 0 Å². The van der Waals surface area contributed by atoms with E-state index in [0.29, 0.717) is 6.61 Å². The number of hydrogen-bond acceptors (Lipinski definition) is 3. The molecule has 2 heterocycles. The van der Waals surface area contributed by atoms with Crippen LogP contribution in [0.25, 0.3) is 0 Å². The first kappa shape index (κ1) is 13.9. The molecule has 1 saturated heterocycles. The van der Waals surface area contributed by atoms with Gasteiger partial charge in [-0.05, 0) is 56.3 Å². The number of anilines is 1. The van der Waals surface area contributed by atoms with E-state index in [0.717, 1.165) is 18.9 Å². The molecule has 0 spiro atoms. The Labute approximate surface area is 122 Å². The number of likely N-dealkylation sites (tertiary alicyclic amines) is 1. The van der Waals surface area contributed by atoms with Gasteiger partial charge in [0, 0.05) is 31.9 Å². The van der Waals surface area contributed by atoms with Crippen molar-refractivity contribution in [2.75, 3.05) is 44.2 Å². The topological polar surface area (TPSA) is 26.7 Å². The molecule has 0 aromatic heterocycles. The second-order valence-electron chi connectivity index (χ2n) is 6.19. The second kappa shape index (κ2) is 6.59. The molecule has 20 heavy (non-hydrogen) atoms. The lowest BCUT2D eigenvalue weighted by molar-refractivity contribution is 0.169. The number of para-hydroxylation sites is 1. The summed E-state index contributed by atoms with van der Waals surface area (Å²) in [5, 5.41) is 8.90. The van der Waals surface area contributed by atoms with Crippen LogP contribution in [0.2, 0.25) is 0 Å². The van der Waals surface area contributed by atoms with Crippen molar-refractivity contribution in [3.8, 4) is 0 Å². The van der Waals surface area contributed by atoms with Crippen molar-refractivity contribution in [1.82, 2.24) is 4.90 Å². The highest BCUT2D eigenvalue weighted by molar-refractivity contribution is 5.57. The highest BCUT2D eigenvalue weighted by atomic mass is 16.3. The van der Waals surface area contributed by atoms with Crippen LogP contribution in [0, 0.1) is 5.92 Å². The molecule has 3 rings (SSSR count). The van der Waals surface area contributed by atoms with E-state index in [-0.39, 0.29) is 0 Å². The van der Waals surface area contributed by atoms with Crippen LogP contribution in [0.15, 0.2) is 24.3 Å². The van der Waals surface area contributed by atoms with E-state index in [1.54, 1.807) is 0 Å². The van der Waals surface area contributed by atoms with Crippen molar-refractivity contribution < 1.29 is 5.11 Å². The molecule has 0 unspecified atom stereocenters. The Hall–Kier alpha value is -1.06. The van der Waals surface area contributed by atoms with Gasteiger partial charge >= 0.3 is 0 Å². The number of hydrogen-bond donors (Lipinski definition) is 1. The summed E-state index contributed by atoms with van der Waals surface area (Å²) in [6.07, 6.45) is 4.75. The molecule has 2 aliphatic heterocycles. The van der Waals surface area contributed by atoms with E-state index in [1.807, 2.05) is 0 Å². The van der Waals surface area contributed by atoms with Crippen LogP contribution in [0.3, 0.4) is 0 Å². The predicted molar refractivity (Wildman–Crippen MR) is 83.2 cm³/mol. The molecule has 3 nitrogen and oxygen atoms in total. The molecular formula is C17H26N2O. The lowest BCUT2D eigenvalue weighted by atomic mass is 9.96. The zero-order valence-electron chi connectivity index (χ0n) is 12.3. The van der Waals surface area contributed by atoms with E-state index in [4.69, 9.17) is 5.11 Å². The number of piperidine rings is 1. The average molecular weight is 274 g/mol. The highest BCUT2D eigenvalue weighted by Gasteiger charge is 2.24. The van der Waals surface area contributed by atoms with Crippen molar-refractivity contribution in [3.05, 3.63) is 29.8 Å². The second-order valence-corrected chi connectivity index (χ2v) is 6.19. The summed E-state index contributed by atoms with van der Waals surface area (Å²) in [7, 11) is 0. The normalized spacial score (nSPS) is 20.4. The number of aliphatic hydroxyl groups excluding tert-OH is 1. The fourth-order valence-electron chi connectivity index (χ4n) is 3.59. The Balaban J connectivity index is 1.49. The van der Waals surface area contributed by atoms with Crippen LogP contribution in [0.1, 0.15) is 24.8 Å². The molecule has 0 aliphatic carbocycles. The van der Waals surface area contributed by atoms with Crippen LogP contribution in [-0.4, -0.2) is 49.3 Å². The lowest BCUT2D eigenvalue weighted by Gasteiger charge is -2.34. The zero-order valence-corrected chi connectivity index (χ0v) is 12.3. The van der Waals surface area contributed by atoms with Gasteiger partial charge in [-0.1, -0.05) is 18.2 Å². The quantitative estimate of drug-likeness (QED) is 0.891. The molecular weight excluding hydrogens is 248 g/mol. The van der Waals surface area contributed by atoms with Crippen molar-refractivity contribution in [2.24, 2.45) is 5.92 Å². The molecule has 0 atom stereocenters. The van der Waals surface area contributed by atoms with Crippen LogP contribution in [-0.2, 0) is 6.42 Å². The molecule has 0 bridgehead atoms. The van der Waals surface area contributed by atoms with Gasteiger partial charge < -0.3 is 14.9 Å². The van der Waals surface area contributed by atoms with Crippen molar-refractivity contribution in [2.45, 2.75) is 25.7 Å². The third kappa shape index (κ3) is 3.15. The summed E-state index contributed by atoms with van der Waals surface area (Å²) in [6, 6.07) is 8.86. The summed E-state index contributed by atoms with van der Waals surface area (Å²) >= 11 is 0. The Kier molecular flexibility index (Phi) is 4.58. The fraction of sp³-hybridized carbons (Fsp3) is 0.647. The summed E-state index contributed by atoms with van der Waals surface area (Å²) in [5.74, 6) is 0.839. The number of aliphatic hydroxyl groups is 1. The van der Waals surface area contributed by atoms with Gasteiger partial charge in [0.1, 0.15) is 0 Å². The molecule has 0 saturated carbocycles. The van der Waals surface area contributed by atoms with Crippen LogP contribution >= 0.6 is 0 Å². The molecule has 1 fully saturated rings. The Bertz CT molecular complexity index is 427. The van der Waals surface area contributed by atoms with E-state index in [1.165, 1.54) is 56.7 Å². The van der Waals surface area contributed by atoms with Gasteiger partial charge in [0.05, 0.1) is 0 Å². The minimum absolute atomic E-state index is 0.324. The highest BCUT2D eigenvalue weighted by Crippen LogP contribution is 2.29. The third-order valence-electron chi connectivity index (χ3n) is 4.80. The molecule has 3 heteroatoms. The SMILES string of the molecule is OCCCN1CCC(CN2CCc3ccccc32)CC1. The zero-order chi connectivity index (χ0) is 13.8. The molecule has 1 N–H and O–H groups in total. The average Bonchev–Trinajstić information content (AvgIpc) is 2.90. The van der Waals surface area contributed by atoms with Gasteiger partial charge in [0.25, 0.3) is 0 Å². The largest absolute Gasteiger partial charge is 0.396 e. The summed E-state index contributed by atoms with van der Waals surface area (Å²) < 4.78 is 0. The van der Waals surface area contributed by atoms with E-state index in [9.17, 15) is 0 Å². The first-order valence-electron chi connectivity index (χ1n) is 8.03. The summed E-state index contributed by atoms with van der Waals surface area (Å²) in [4.78, 5) is 5.09. The fourth-order valence-corrected chi connectivity index (χ4v) is 3.59. The minimum atomic E-state index is 0.324. The Morgan fingerprint density at radius 2 is 1.90 bits per heavy atom. The monoisotopic (exact) mass is 274 g/mol. The van der Waals surface area contributed by atoms with Crippen molar-refractivity contribution in [3.63, 3.8) is 0 Å². The lowest BCUT2D eigenvalue weighted by Crippen LogP contribution is -2.39. The molecule has 2 aliphatic rings. The van der Waals surface area contributed by atoms with Crippen molar-refractivity contribution in [1.29, 1.82) is 0 Å². The van der Waals surface area contributed by atoms with E-state index >= 15 is 0 Å². The van der Waals surface area contributed by atoms with Crippen LogP contribution in [0.4, 0.5) is 5.69 Å². The first-order chi connectivity index (χ1) is 9.86. The summed E-state index contributed by atoms with van der Waals surface area (Å²) in [5.41, 5.74) is 2.99. The van der Waals surface area contributed by atoms with Crippen LogP contribution in [0.5, 0.6) is 0 Å². The predicted octanol–water partition coefficient (Wildman–Crippen LogP) is 2.14. The first-order valence-corrected chi connectivity index (χ1v) is 8.03. The number of rotatable bonds is 5. The van der Waals surface area contributed by atoms with Gasteiger partial charge in [-0.2, -0.15) is 0 Å². The minimum Gasteiger partial charge on any atom is -0.396 e. The van der Waals surface area contributed by atoms with Crippen molar-refractivity contribution >= 4 is 5.69 Å². The van der Waals surface area contributed by atoms with E-state index in [2.05, 4.69) is 34.1 Å². The molecule has 0 amide bonds. The van der Waals surface area contributed by atoms with Gasteiger partial charge in [-0.15, -0.1) is 0 Å². The maximum Gasteiger partial charge on any atom is 0.0443 e. The molecule has 110 valence electrons. The maximum atomic E-state index is 8.90. The third-order valence-corrected chi connectivity index (χ3v) is 4.80. The maximum absolute atomic E-state index is 8.90. The van der Waals surface area contributed by atoms with E-state index < -0.39 is 0 Å². The Morgan fingerprint density at radius 1 is 1.10 bits per heavy atom. The molecule has 1 aromatic rings. The number of nitrogens with zero attached hydrogens (tertiary/aromatic N) is 2. The van der Waals surface area contributed by atoms with Gasteiger partial charge in [-0.3, -0.25) is 0 Å². The number of fused-ring (bicyclic) bond motifs is 1. The Morgan fingerprint density at radius 3 is 2.70 bits per heavy atom. The van der Waals surface area contributed by atoms with Gasteiger partial charge in [0.15, 0.2) is 0 Å². The van der Waals surface area contributed by atoms with Crippen LogP contribution < -0.4 is 4.90 Å². The standard InChI is InChI=1S/C17H26N2O/c20-13-3-9-18-10-6-15(7-11-18)14-19-12-8-16-4-1-2-5-17(16)19/h1-2,4-5,15,20H,3,6-14H2. The molecule has 0 radical (unpaired) electrons. The summed E-state index contributed by atoms with van der Waals surface area (Å²) in [6.45, 7) is 6.23.